The molecule has 0 amide bonds. The number of phenols is 1. The topological polar surface area (TPSA) is 104 Å². The lowest BCUT2D eigenvalue weighted by atomic mass is 10.2. The smallest absolute Gasteiger partial charge is 0.338 e. The van der Waals surface area contributed by atoms with Crippen LogP contribution in [0.2, 0.25) is 0 Å². The summed E-state index contributed by atoms with van der Waals surface area (Å²) in [6, 6.07) is 5.51. The highest BCUT2D eigenvalue weighted by atomic mass is 16.5. The molecule has 0 heterocycles. The van der Waals surface area contributed by atoms with Crippen LogP contribution >= 0.6 is 0 Å². The predicted octanol–water partition coefficient (Wildman–Crippen LogP) is 1.33. The molecule has 0 bridgehead atoms. The number of hydrogen-bond acceptors (Lipinski definition) is 5. The lowest BCUT2D eigenvalue weighted by Crippen LogP contribution is -2.18. The Kier molecular flexibility index (Phi) is 5.74. The summed E-state index contributed by atoms with van der Waals surface area (Å²) in [5.74, 6) is -1.64. The number of aromatic hydroxyl groups is 1. The molecule has 20 heavy (non-hydrogen) atoms. The van der Waals surface area contributed by atoms with Crippen molar-refractivity contribution < 1.29 is 29.6 Å². The van der Waals surface area contributed by atoms with Crippen LogP contribution in [-0.2, 0) is 9.53 Å². The highest BCUT2D eigenvalue weighted by Gasteiger charge is 2.11. The first-order valence-electron chi connectivity index (χ1n) is 5.94. The summed E-state index contributed by atoms with van der Waals surface area (Å²) in [6.07, 6.45) is 0.480. The number of carboxylic acid groups (broad SMARTS) is 1. The second kappa shape index (κ2) is 7.30. The van der Waals surface area contributed by atoms with Crippen LogP contribution in [0.5, 0.6) is 5.75 Å². The molecule has 6 nitrogen and oxygen atoms in total. The molecule has 0 spiro atoms. The molecule has 0 saturated carbocycles. The Morgan fingerprint density at radius 1 is 1.30 bits per heavy atom. The Morgan fingerprint density at radius 2 is 1.90 bits per heavy atom. The van der Waals surface area contributed by atoms with Gasteiger partial charge in [-0.3, -0.25) is 0 Å². The van der Waals surface area contributed by atoms with Crippen molar-refractivity contribution in [1.29, 1.82) is 0 Å². The molecule has 1 rings (SSSR count). The summed E-state index contributed by atoms with van der Waals surface area (Å²) in [6.45, 7) is 1.18. The molecule has 1 atom stereocenters. The van der Waals surface area contributed by atoms with E-state index in [-0.39, 0.29) is 29.9 Å². The standard InChI is InChI=1S/C14H16O6/c1-9(13(17)18)2-5-12(16)8-20-14(19)10-3-6-11(15)7-4-10/h2-4,6-7,12,15-16H,5,8H2,1H3,(H,17,18)/b9-2+. The molecule has 0 aliphatic carbocycles. The Labute approximate surface area is 115 Å². The van der Waals surface area contributed by atoms with Gasteiger partial charge in [0, 0.05) is 5.57 Å². The normalized spacial score (nSPS) is 12.8. The molecular formula is C14H16O6. The van der Waals surface area contributed by atoms with Crippen molar-refractivity contribution in [2.24, 2.45) is 0 Å². The van der Waals surface area contributed by atoms with E-state index >= 15 is 0 Å². The monoisotopic (exact) mass is 280 g/mol. The third-order valence-corrected chi connectivity index (χ3v) is 2.54. The van der Waals surface area contributed by atoms with Crippen LogP contribution in [0.3, 0.4) is 0 Å². The summed E-state index contributed by atoms with van der Waals surface area (Å²) in [7, 11) is 0. The minimum Gasteiger partial charge on any atom is -0.508 e. The largest absolute Gasteiger partial charge is 0.508 e. The van der Waals surface area contributed by atoms with Crippen LogP contribution in [0.1, 0.15) is 23.7 Å². The van der Waals surface area contributed by atoms with E-state index in [0.717, 1.165) is 0 Å². The molecule has 0 fully saturated rings. The van der Waals surface area contributed by atoms with Crippen molar-refractivity contribution in [1.82, 2.24) is 0 Å². The lowest BCUT2D eigenvalue weighted by Gasteiger charge is -2.09. The number of carbonyl (C=O) groups is 2. The number of aliphatic carboxylic acids is 1. The number of phenolic OH excluding ortho intramolecular Hbond substituents is 1. The van der Waals surface area contributed by atoms with Gasteiger partial charge in [0.25, 0.3) is 0 Å². The average Bonchev–Trinajstić information content (AvgIpc) is 2.42. The van der Waals surface area contributed by atoms with Crippen molar-refractivity contribution in [3.8, 4) is 5.75 Å². The third-order valence-electron chi connectivity index (χ3n) is 2.54. The molecule has 0 radical (unpaired) electrons. The van der Waals surface area contributed by atoms with Gasteiger partial charge in [-0.2, -0.15) is 0 Å². The quantitative estimate of drug-likeness (QED) is 0.536. The molecule has 0 aromatic heterocycles. The highest BCUT2D eigenvalue weighted by molar-refractivity contribution is 5.89. The van der Waals surface area contributed by atoms with E-state index in [1.165, 1.54) is 37.3 Å². The van der Waals surface area contributed by atoms with E-state index in [1.54, 1.807) is 0 Å². The van der Waals surface area contributed by atoms with Gasteiger partial charge in [-0.15, -0.1) is 0 Å². The molecule has 0 saturated heterocycles. The fraction of sp³-hybridized carbons (Fsp3) is 0.286. The van der Waals surface area contributed by atoms with E-state index in [9.17, 15) is 14.7 Å². The van der Waals surface area contributed by atoms with Crippen LogP contribution < -0.4 is 0 Å². The zero-order chi connectivity index (χ0) is 15.1. The van der Waals surface area contributed by atoms with Crippen molar-refractivity contribution in [3.63, 3.8) is 0 Å². The van der Waals surface area contributed by atoms with Crippen molar-refractivity contribution in [2.45, 2.75) is 19.4 Å². The fourth-order valence-corrected chi connectivity index (χ4v) is 1.32. The van der Waals surface area contributed by atoms with Crippen molar-refractivity contribution in [2.75, 3.05) is 6.61 Å². The Balaban J connectivity index is 2.43. The maximum atomic E-state index is 11.6. The number of aliphatic hydroxyl groups is 1. The molecular weight excluding hydrogens is 264 g/mol. The van der Waals surface area contributed by atoms with E-state index in [2.05, 4.69) is 0 Å². The van der Waals surface area contributed by atoms with Gasteiger partial charge in [0.05, 0.1) is 11.7 Å². The van der Waals surface area contributed by atoms with Crippen LogP contribution in [0, 0.1) is 0 Å². The van der Waals surface area contributed by atoms with E-state index in [0.29, 0.717) is 0 Å². The lowest BCUT2D eigenvalue weighted by molar-refractivity contribution is -0.132. The maximum Gasteiger partial charge on any atom is 0.338 e. The summed E-state index contributed by atoms with van der Waals surface area (Å²) >= 11 is 0. The summed E-state index contributed by atoms with van der Waals surface area (Å²) in [5, 5.41) is 27.3. The Hall–Kier alpha value is -2.34. The van der Waals surface area contributed by atoms with Gasteiger partial charge < -0.3 is 20.1 Å². The predicted molar refractivity (Wildman–Crippen MR) is 70.4 cm³/mol. The first-order chi connectivity index (χ1) is 9.40. The minimum absolute atomic E-state index is 0.0378. The molecule has 1 aromatic carbocycles. The van der Waals surface area contributed by atoms with Gasteiger partial charge in [-0.05, 0) is 37.6 Å². The van der Waals surface area contributed by atoms with Crippen molar-refractivity contribution in [3.05, 3.63) is 41.5 Å². The summed E-state index contributed by atoms with van der Waals surface area (Å²) in [4.78, 5) is 22.1. The van der Waals surface area contributed by atoms with E-state index < -0.39 is 18.0 Å². The summed E-state index contributed by atoms with van der Waals surface area (Å²) < 4.78 is 4.88. The number of carboxylic acids is 1. The molecule has 3 N–H and O–H groups in total. The first kappa shape index (κ1) is 15.7. The van der Waals surface area contributed by atoms with Gasteiger partial charge in [-0.25, -0.2) is 9.59 Å². The third kappa shape index (κ3) is 5.11. The van der Waals surface area contributed by atoms with Gasteiger partial charge in [0.2, 0.25) is 0 Å². The van der Waals surface area contributed by atoms with Crippen LogP contribution in [0.25, 0.3) is 0 Å². The number of rotatable bonds is 6. The second-order valence-electron chi connectivity index (χ2n) is 4.23. The zero-order valence-electron chi connectivity index (χ0n) is 10.9. The van der Waals surface area contributed by atoms with Gasteiger partial charge in [-0.1, -0.05) is 6.08 Å². The van der Waals surface area contributed by atoms with Gasteiger partial charge in [0.15, 0.2) is 0 Å². The molecule has 6 heteroatoms. The molecule has 108 valence electrons. The van der Waals surface area contributed by atoms with Crippen LogP contribution in [0.15, 0.2) is 35.9 Å². The minimum atomic E-state index is -1.06. The van der Waals surface area contributed by atoms with Crippen LogP contribution in [-0.4, -0.2) is 40.0 Å². The second-order valence-corrected chi connectivity index (χ2v) is 4.23. The SMILES string of the molecule is C/C(=C\CC(O)COC(=O)c1ccc(O)cc1)C(=O)O. The highest BCUT2D eigenvalue weighted by Crippen LogP contribution is 2.11. The number of aliphatic hydroxyl groups excluding tert-OH is 1. The molecule has 0 aliphatic heterocycles. The zero-order valence-corrected chi connectivity index (χ0v) is 10.9. The average molecular weight is 280 g/mol. The fourth-order valence-electron chi connectivity index (χ4n) is 1.32. The number of ether oxygens (including phenoxy) is 1. The number of hydrogen-bond donors (Lipinski definition) is 3. The number of benzene rings is 1. The number of esters is 1. The molecule has 1 unspecified atom stereocenters. The van der Waals surface area contributed by atoms with Crippen molar-refractivity contribution >= 4 is 11.9 Å². The maximum absolute atomic E-state index is 11.6. The summed E-state index contributed by atoms with van der Waals surface area (Å²) in [5.41, 5.74) is 0.376. The van der Waals surface area contributed by atoms with Crippen LogP contribution in [0.4, 0.5) is 0 Å². The van der Waals surface area contributed by atoms with Gasteiger partial charge >= 0.3 is 11.9 Å². The molecule has 0 aliphatic rings. The Bertz CT molecular complexity index is 503. The first-order valence-corrected chi connectivity index (χ1v) is 5.94. The number of carbonyl (C=O) groups excluding carboxylic acids is 1. The Morgan fingerprint density at radius 3 is 2.45 bits per heavy atom. The molecule has 1 aromatic rings. The van der Waals surface area contributed by atoms with E-state index in [1.807, 2.05) is 0 Å². The van der Waals surface area contributed by atoms with Gasteiger partial charge in [0.1, 0.15) is 12.4 Å². The van der Waals surface area contributed by atoms with E-state index in [4.69, 9.17) is 14.9 Å².